The average molecular weight is 362 g/mol. The van der Waals surface area contributed by atoms with Crippen molar-refractivity contribution < 1.29 is 19.0 Å². The van der Waals surface area contributed by atoms with Gasteiger partial charge in [-0.1, -0.05) is 0 Å². The highest BCUT2D eigenvalue weighted by molar-refractivity contribution is 8.18. The van der Waals surface area contributed by atoms with Gasteiger partial charge < -0.3 is 19.1 Å². The highest BCUT2D eigenvalue weighted by Crippen LogP contribution is 2.34. The fourth-order valence-electron chi connectivity index (χ4n) is 2.95. The van der Waals surface area contributed by atoms with Crippen LogP contribution in [0.4, 0.5) is 0 Å². The van der Waals surface area contributed by atoms with E-state index in [4.69, 9.17) is 14.2 Å². The zero-order valence-electron chi connectivity index (χ0n) is 14.8. The van der Waals surface area contributed by atoms with Gasteiger partial charge in [-0.15, -0.1) is 0 Å². The van der Waals surface area contributed by atoms with Crippen LogP contribution in [0.15, 0.2) is 28.1 Å². The molecule has 0 bridgehead atoms. The number of nitrogens with zero attached hydrogens (tertiary/aromatic N) is 2. The predicted octanol–water partition coefficient (Wildman–Crippen LogP) is 2.78. The number of rotatable bonds is 3. The summed E-state index contributed by atoms with van der Waals surface area (Å²) in [6.07, 6.45) is 2.06. The summed E-state index contributed by atoms with van der Waals surface area (Å²) in [5.74, 6) is 1.14. The number of thioether (sulfide) groups is 1. The Morgan fingerprint density at radius 3 is 2.60 bits per heavy atom. The van der Waals surface area contributed by atoms with Crippen LogP contribution < -0.4 is 9.47 Å². The van der Waals surface area contributed by atoms with E-state index in [1.807, 2.05) is 32.1 Å². The molecule has 0 N–H and O–H groups in total. The van der Waals surface area contributed by atoms with Gasteiger partial charge in [-0.25, -0.2) is 0 Å². The monoisotopic (exact) mass is 362 g/mol. The lowest BCUT2D eigenvalue weighted by Gasteiger charge is -2.35. The number of benzene rings is 1. The summed E-state index contributed by atoms with van der Waals surface area (Å²) in [5.41, 5.74) is 0.819. The van der Waals surface area contributed by atoms with Gasteiger partial charge in [0.2, 0.25) is 0 Å². The molecule has 1 amide bonds. The Bertz CT molecular complexity index is 722. The smallest absolute Gasteiger partial charge is 0.286 e. The van der Waals surface area contributed by atoms with E-state index in [0.717, 1.165) is 23.8 Å². The molecule has 0 unspecified atom stereocenters. The van der Waals surface area contributed by atoms with Crippen molar-refractivity contribution in [3.63, 3.8) is 0 Å². The Labute approximate surface area is 151 Å². The van der Waals surface area contributed by atoms with Crippen LogP contribution in [0.5, 0.6) is 11.5 Å². The number of aliphatic imine (C=N–C) groups is 1. The van der Waals surface area contributed by atoms with Crippen molar-refractivity contribution in [2.24, 2.45) is 4.99 Å². The Balaban J connectivity index is 1.79. The molecule has 0 aliphatic carbocycles. The third kappa shape index (κ3) is 3.99. The van der Waals surface area contributed by atoms with Gasteiger partial charge in [-0.3, -0.25) is 4.79 Å². The molecule has 1 aromatic carbocycles. The van der Waals surface area contributed by atoms with Gasteiger partial charge >= 0.3 is 0 Å². The van der Waals surface area contributed by atoms with E-state index in [-0.39, 0.29) is 18.1 Å². The predicted molar refractivity (Wildman–Crippen MR) is 99.1 cm³/mol. The van der Waals surface area contributed by atoms with Crippen LogP contribution in [-0.2, 0) is 9.53 Å². The molecule has 1 aromatic rings. The van der Waals surface area contributed by atoms with Gasteiger partial charge in [0.1, 0.15) is 11.5 Å². The zero-order chi connectivity index (χ0) is 18.0. The minimum Gasteiger partial charge on any atom is -0.497 e. The van der Waals surface area contributed by atoms with E-state index >= 15 is 0 Å². The van der Waals surface area contributed by atoms with Crippen LogP contribution in [0.2, 0.25) is 0 Å². The van der Waals surface area contributed by atoms with Gasteiger partial charge in [0, 0.05) is 24.7 Å². The van der Waals surface area contributed by atoms with E-state index in [1.54, 1.807) is 20.3 Å². The molecule has 6 nitrogen and oxygen atoms in total. The molecule has 0 radical (unpaired) electrons. The molecular weight excluding hydrogens is 340 g/mol. The van der Waals surface area contributed by atoms with Crippen molar-refractivity contribution >= 4 is 28.9 Å². The number of ether oxygens (including phenoxy) is 3. The minimum absolute atomic E-state index is 0.122. The molecule has 3 rings (SSSR count). The number of hydrogen-bond acceptors (Lipinski definition) is 6. The van der Waals surface area contributed by atoms with Crippen LogP contribution in [0, 0.1) is 0 Å². The molecule has 25 heavy (non-hydrogen) atoms. The summed E-state index contributed by atoms with van der Waals surface area (Å²) in [7, 11) is 3.20. The number of carbonyl (C=O) groups is 1. The number of morpholine rings is 1. The van der Waals surface area contributed by atoms with Gasteiger partial charge in [-0.2, -0.15) is 4.99 Å². The Morgan fingerprint density at radius 2 is 1.96 bits per heavy atom. The van der Waals surface area contributed by atoms with Crippen molar-refractivity contribution in [1.29, 1.82) is 0 Å². The van der Waals surface area contributed by atoms with Gasteiger partial charge in [0.15, 0.2) is 5.17 Å². The maximum atomic E-state index is 12.3. The number of methoxy groups -OCH3 is 2. The fourth-order valence-corrected chi connectivity index (χ4v) is 3.87. The lowest BCUT2D eigenvalue weighted by atomic mass is 10.1. The zero-order valence-corrected chi connectivity index (χ0v) is 15.6. The Kier molecular flexibility index (Phi) is 5.34. The van der Waals surface area contributed by atoms with Crippen LogP contribution >= 0.6 is 11.8 Å². The number of hydrogen-bond donors (Lipinski definition) is 0. The Hall–Kier alpha value is -1.99. The molecule has 0 spiro atoms. The van der Waals surface area contributed by atoms with Crippen LogP contribution in [-0.4, -0.2) is 55.5 Å². The molecule has 2 heterocycles. The normalized spacial score (nSPS) is 25.3. The molecule has 1 saturated heterocycles. The highest BCUT2D eigenvalue weighted by Gasteiger charge is 2.31. The maximum absolute atomic E-state index is 12.3. The second-order valence-electron chi connectivity index (χ2n) is 6.08. The summed E-state index contributed by atoms with van der Waals surface area (Å²) < 4.78 is 16.3. The van der Waals surface area contributed by atoms with Crippen LogP contribution in [0.25, 0.3) is 6.08 Å². The molecule has 1 fully saturated rings. The van der Waals surface area contributed by atoms with Crippen molar-refractivity contribution in [3.05, 3.63) is 28.7 Å². The SMILES string of the molecule is COc1ccc(/C=C2\SC(N3C[C@H](C)O[C@@H](C)C3)=NC2=O)c(OC)c1. The molecule has 0 aromatic heterocycles. The van der Waals surface area contributed by atoms with E-state index in [2.05, 4.69) is 9.89 Å². The summed E-state index contributed by atoms with van der Waals surface area (Å²) in [6, 6.07) is 5.51. The van der Waals surface area contributed by atoms with E-state index in [9.17, 15) is 4.79 Å². The molecule has 134 valence electrons. The first-order valence-electron chi connectivity index (χ1n) is 8.15. The number of amides is 1. The summed E-state index contributed by atoms with van der Waals surface area (Å²) in [5, 5.41) is 0.741. The van der Waals surface area contributed by atoms with Gasteiger partial charge in [-0.05, 0) is 43.8 Å². The summed E-state index contributed by atoms with van der Waals surface area (Å²) in [4.78, 5) is 19.2. The molecule has 2 aliphatic heterocycles. The molecule has 2 atom stereocenters. The quantitative estimate of drug-likeness (QED) is 0.771. The van der Waals surface area contributed by atoms with Crippen molar-refractivity contribution in [2.75, 3.05) is 27.3 Å². The fraction of sp³-hybridized carbons (Fsp3) is 0.444. The van der Waals surface area contributed by atoms with Crippen molar-refractivity contribution in [2.45, 2.75) is 26.1 Å². The first-order chi connectivity index (χ1) is 12.0. The standard InChI is InChI=1S/C18H22N2O4S/c1-11-9-20(10-12(2)24-11)18-19-17(21)16(25-18)7-13-5-6-14(22-3)8-15(13)23-4/h5-8,11-12H,9-10H2,1-4H3/b16-7-/t11-,12-/m0/s1. The van der Waals surface area contributed by atoms with Crippen LogP contribution in [0.1, 0.15) is 19.4 Å². The molecule has 7 heteroatoms. The summed E-state index contributed by atoms with van der Waals surface area (Å²) in [6.45, 7) is 5.54. The van der Waals surface area contributed by atoms with Crippen molar-refractivity contribution in [3.8, 4) is 11.5 Å². The van der Waals surface area contributed by atoms with E-state index < -0.39 is 0 Å². The average Bonchev–Trinajstić information content (AvgIpc) is 2.95. The lowest BCUT2D eigenvalue weighted by Crippen LogP contribution is -2.47. The lowest BCUT2D eigenvalue weighted by molar-refractivity contribution is -0.113. The third-order valence-electron chi connectivity index (χ3n) is 4.03. The van der Waals surface area contributed by atoms with Crippen LogP contribution in [0.3, 0.4) is 0 Å². The minimum atomic E-state index is -0.218. The second-order valence-corrected chi connectivity index (χ2v) is 7.09. The van der Waals surface area contributed by atoms with Gasteiger partial charge in [0.05, 0.1) is 31.3 Å². The largest absolute Gasteiger partial charge is 0.497 e. The van der Waals surface area contributed by atoms with E-state index in [0.29, 0.717) is 16.4 Å². The molecule has 0 saturated carbocycles. The second kappa shape index (κ2) is 7.49. The van der Waals surface area contributed by atoms with Crippen molar-refractivity contribution in [1.82, 2.24) is 4.90 Å². The highest BCUT2D eigenvalue weighted by atomic mass is 32.2. The Morgan fingerprint density at radius 1 is 1.24 bits per heavy atom. The number of carbonyl (C=O) groups excluding carboxylic acids is 1. The first-order valence-corrected chi connectivity index (χ1v) is 8.96. The molecular formula is C18H22N2O4S. The summed E-state index contributed by atoms with van der Waals surface area (Å²) >= 11 is 1.40. The van der Waals surface area contributed by atoms with Gasteiger partial charge in [0.25, 0.3) is 5.91 Å². The first kappa shape index (κ1) is 17.8. The van der Waals surface area contributed by atoms with E-state index in [1.165, 1.54) is 11.8 Å². The number of amidine groups is 1. The maximum Gasteiger partial charge on any atom is 0.286 e. The molecule has 2 aliphatic rings. The third-order valence-corrected chi connectivity index (χ3v) is 5.07. The topological polar surface area (TPSA) is 60.4 Å².